The van der Waals surface area contributed by atoms with Gasteiger partial charge in [-0.2, -0.15) is 0 Å². The molecule has 0 unspecified atom stereocenters. The highest BCUT2D eigenvalue weighted by molar-refractivity contribution is 8.02. The van der Waals surface area contributed by atoms with Gasteiger partial charge in [0.1, 0.15) is 5.75 Å². The molecule has 3 atom stereocenters. The van der Waals surface area contributed by atoms with Crippen molar-refractivity contribution in [3.63, 3.8) is 0 Å². The monoisotopic (exact) mass is 460 g/mol. The summed E-state index contributed by atoms with van der Waals surface area (Å²) in [4.78, 5) is 14.9. The summed E-state index contributed by atoms with van der Waals surface area (Å²) in [5.41, 5.74) is 0.553. The summed E-state index contributed by atoms with van der Waals surface area (Å²) in [6, 6.07) is 5.82. The van der Waals surface area contributed by atoms with E-state index in [-0.39, 0.29) is 29.0 Å². The highest BCUT2D eigenvalue weighted by Gasteiger charge is 2.33. The highest BCUT2D eigenvalue weighted by Crippen LogP contribution is 2.33. The van der Waals surface area contributed by atoms with Crippen LogP contribution in [0.1, 0.15) is 40.0 Å². The number of hydrogen-bond acceptors (Lipinski definition) is 7. The number of likely N-dealkylation sites (tertiary alicyclic amines) is 1. The number of nitrogens with zero attached hydrogens (tertiary/aromatic N) is 3. The molecule has 11 heteroatoms. The Kier molecular flexibility index (Phi) is 7.12. The number of amides is 1. The van der Waals surface area contributed by atoms with Gasteiger partial charge in [-0.25, -0.2) is 0 Å². The highest BCUT2D eigenvalue weighted by atomic mass is 32.2. The van der Waals surface area contributed by atoms with E-state index in [0.29, 0.717) is 15.2 Å². The Morgan fingerprint density at radius 3 is 2.47 bits per heavy atom. The number of anilines is 2. The lowest BCUT2D eigenvalue weighted by Crippen LogP contribution is -2.50. The first-order valence-electron chi connectivity index (χ1n) is 9.57. The Hall–Kier alpha value is -2.01. The maximum absolute atomic E-state index is 12.9. The molecule has 6 nitrogen and oxygen atoms in total. The van der Waals surface area contributed by atoms with Gasteiger partial charge >= 0.3 is 6.36 Å². The first-order valence-corrected chi connectivity index (χ1v) is 11.3. The van der Waals surface area contributed by atoms with E-state index in [9.17, 15) is 18.0 Å². The molecule has 2 heterocycles. The Bertz CT molecular complexity index is 850. The largest absolute Gasteiger partial charge is 0.573 e. The standard InChI is InChI=1S/C19H23F3N4O2S2/c1-11-5-4-6-12(2)26(11)16(27)13(3)29-18-25-24-17(30-18)23-14-7-9-15(10-8-14)28-19(20,21)22/h7-13H,4-6H2,1-3H3,(H,23,24)/t11-,12+,13-/m0/s1. The number of thioether (sulfide) groups is 1. The molecular formula is C19H23F3N4O2S2. The normalized spacial score (nSPS) is 20.7. The zero-order valence-electron chi connectivity index (χ0n) is 16.8. The van der Waals surface area contributed by atoms with E-state index >= 15 is 0 Å². The smallest absolute Gasteiger partial charge is 0.406 e. The summed E-state index contributed by atoms with van der Waals surface area (Å²) < 4.78 is 41.2. The summed E-state index contributed by atoms with van der Waals surface area (Å²) in [7, 11) is 0. The molecule has 2 aromatic rings. The molecule has 0 radical (unpaired) electrons. The van der Waals surface area contributed by atoms with Crippen molar-refractivity contribution in [1.29, 1.82) is 0 Å². The fourth-order valence-corrected chi connectivity index (χ4v) is 5.41. The van der Waals surface area contributed by atoms with Crippen molar-refractivity contribution >= 4 is 39.8 Å². The Morgan fingerprint density at radius 1 is 1.23 bits per heavy atom. The van der Waals surface area contributed by atoms with Crippen molar-refractivity contribution in [2.24, 2.45) is 0 Å². The quantitative estimate of drug-likeness (QED) is 0.578. The number of carbonyl (C=O) groups is 1. The number of benzene rings is 1. The van der Waals surface area contributed by atoms with Gasteiger partial charge in [0, 0.05) is 17.8 Å². The second kappa shape index (κ2) is 9.42. The minimum Gasteiger partial charge on any atom is -0.406 e. The second-order valence-corrected chi connectivity index (χ2v) is 9.77. The molecule has 164 valence electrons. The van der Waals surface area contributed by atoms with Crippen LogP contribution in [0.4, 0.5) is 24.0 Å². The van der Waals surface area contributed by atoms with Gasteiger partial charge < -0.3 is 15.0 Å². The van der Waals surface area contributed by atoms with E-state index < -0.39 is 6.36 Å². The van der Waals surface area contributed by atoms with Crippen LogP contribution in [0.3, 0.4) is 0 Å². The van der Waals surface area contributed by atoms with Gasteiger partial charge in [0.2, 0.25) is 11.0 Å². The summed E-state index contributed by atoms with van der Waals surface area (Å²) in [5.74, 6) is -0.195. The predicted molar refractivity (Wildman–Crippen MR) is 111 cm³/mol. The number of hydrogen-bond donors (Lipinski definition) is 1. The molecule has 1 amide bonds. The Morgan fingerprint density at radius 2 is 1.87 bits per heavy atom. The maximum Gasteiger partial charge on any atom is 0.573 e. The average Bonchev–Trinajstić information content (AvgIpc) is 3.08. The third-order valence-corrected chi connectivity index (χ3v) is 6.83. The Labute approximate surface area is 181 Å². The zero-order chi connectivity index (χ0) is 21.9. The number of piperidine rings is 1. The number of carbonyl (C=O) groups excluding carboxylic acids is 1. The molecule has 0 spiro atoms. The lowest BCUT2D eigenvalue weighted by Gasteiger charge is -2.40. The van der Waals surface area contributed by atoms with Gasteiger partial charge in [0.25, 0.3) is 0 Å². The molecular weight excluding hydrogens is 437 g/mol. The molecule has 1 aromatic carbocycles. The van der Waals surface area contributed by atoms with Crippen LogP contribution in [-0.4, -0.2) is 44.7 Å². The van der Waals surface area contributed by atoms with E-state index in [1.54, 1.807) is 0 Å². The zero-order valence-corrected chi connectivity index (χ0v) is 18.4. The van der Waals surface area contributed by atoms with Crippen molar-refractivity contribution in [1.82, 2.24) is 15.1 Å². The van der Waals surface area contributed by atoms with Crippen molar-refractivity contribution < 1.29 is 22.7 Å². The number of rotatable bonds is 6. The summed E-state index contributed by atoms with van der Waals surface area (Å²) in [6.07, 6.45) is -1.54. The van der Waals surface area contributed by atoms with Gasteiger partial charge in [-0.3, -0.25) is 4.79 Å². The van der Waals surface area contributed by atoms with Gasteiger partial charge in [-0.15, -0.1) is 23.4 Å². The van der Waals surface area contributed by atoms with Crippen LogP contribution >= 0.6 is 23.1 Å². The van der Waals surface area contributed by atoms with Crippen LogP contribution in [0.5, 0.6) is 5.75 Å². The first-order chi connectivity index (χ1) is 14.1. The fraction of sp³-hybridized carbons (Fsp3) is 0.526. The SMILES string of the molecule is C[C@H](Sc1nnc(Nc2ccc(OC(F)(F)F)cc2)s1)C(=O)N1[C@H](C)CCC[C@@H]1C. The van der Waals surface area contributed by atoms with Crippen LogP contribution in [-0.2, 0) is 4.79 Å². The van der Waals surface area contributed by atoms with Gasteiger partial charge in [0.15, 0.2) is 4.34 Å². The predicted octanol–water partition coefficient (Wildman–Crippen LogP) is 5.45. The lowest BCUT2D eigenvalue weighted by atomic mass is 9.97. The van der Waals surface area contributed by atoms with Crippen LogP contribution in [0.15, 0.2) is 28.6 Å². The number of aromatic nitrogens is 2. The van der Waals surface area contributed by atoms with E-state index in [4.69, 9.17) is 0 Å². The third-order valence-electron chi connectivity index (χ3n) is 4.82. The number of nitrogens with one attached hydrogen (secondary N) is 1. The molecule has 1 fully saturated rings. The molecule has 0 aliphatic carbocycles. The topological polar surface area (TPSA) is 67.4 Å². The minimum absolute atomic E-state index is 0.102. The molecule has 0 bridgehead atoms. The van der Waals surface area contributed by atoms with Gasteiger partial charge in [-0.1, -0.05) is 23.1 Å². The van der Waals surface area contributed by atoms with Crippen LogP contribution in [0.2, 0.25) is 0 Å². The van der Waals surface area contributed by atoms with Crippen molar-refractivity contribution in [2.75, 3.05) is 5.32 Å². The first kappa shape index (κ1) is 22.7. The molecule has 30 heavy (non-hydrogen) atoms. The van der Waals surface area contributed by atoms with Gasteiger partial charge in [-0.05, 0) is 64.3 Å². The van der Waals surface area contributed by atoms with Crippen molar-refractivity contribution in [3.05, 3.63) is 24.3 Å². The maximum atomic E-state index is 12.9. The molecule has 1 aliphatic rings. The summed E-state index contributed by atoms with van der Waals surface area (Å²) in [5, 5.41) is 11.4. The van der Waals surface area contributed by atoms with Crippen molar-refractivity contribution in [3.8, 4) is 5.75 Å². The minimum atomic E-state index is -4.72. The fourth-order valence-electron chi connectivity index (χ4n) is 3.44. The van der Waals surface area contributed by atoms with E-state index in [1.165, 1.54) is 47.4 Å². The van der Waals surface area contributed by atoms with Crippen LogP contribution in [0, 0.1) is 0 Å². The van der Waals surface area contributed by atoms with Crippen molar-refractivity contribution in [2.45, 2.75) is 68.1 Å². The number of ether oxygens (including phenoxy) is 1. The molecule has 3 rings (SSSR count). The van der Waals surface area contributed by atoms with E-state index in [1.807, 2.05) is 11.8 Å². The number of alkyl halides is 3. The molecule has 1 aromatic heterocycles. The van der Waals surface area contributed by atoms with Gasteiger partial charge in [0.05, 0.1) is 5.25 Å². The summed E-state index contributed by atoms with van der Waals surface area (Å²) >= 11 is 2.64. The molecule has 0 saturated carbocycles. The van der Waals surface area contributed by atoms with E-state index in [2.05, 4.69) is 34.1 Å². The summed E-state index contributed by atoms with van der Waals surface area (Å²) in [6.45, 7) is 6.04. The van der Waals surface area contributed by atoms with Crippen LogP contribution in [0.25, 0.3) is 0 Å². The van der Waals surface area contributed by atoms with E-state index in [0.717, 1.165) is 19.3 Å². The molecule has 1 N–H and O–H groups in total. The third kappa shape index (κ3) is 6.00. The second-order valence-electron chi connectivity index (χ2n) is 7.20. The molecule has 1 aliphatic heterocycles. The number of halogens is 3. The van der Waals surface area contributed by atoms with Crippen LogP contribution < -0.4 is 10.1 Å². The average molecular weight is 461 g/mol. The Balaban J connectivity index is 1.57. The lowest BCUT2D eigenvalue weighted by molar-refractivity contribution is -0.274. The molecule has 1 saturated heterocycles.